The van der Waals surface area contributed by atoms with Crippen LogP contribution in [0.1, 0.15) is 16.7 Å². The van der Waals surface area contributed by atoms with Gasteiger partial charge in [0, 0.05) is 12.2 Å². The van der Waals surface area contributed by atoms with Crippen molar-refractivity contribution in [2.75, 3.05) is 5.32 Å². The lowest BCUT2D eigenvalue weighted by molar-refractivity contribution is -0.136. The second-order valence-electron chi connectivity index (χ2n) is 4.94. The van der Waals surface area contributed by atoms with Crippen LogP contribution in [0, 0.1) is 13.8 Å². The van der Waals surface area contributed by atoms with Gasteiger partial charge in [0.15, 0.2) is 0 Å². The van der Waals surface area contributed by atoms with Gasteiger partial charge in [-0.15, -0.1) is 0 Å². The van der Waals surface area contributed by atoms with E-state index in [2.05, 4.69) is 10.6 Å². The molecule has 0 unspecified atom stereocenters. The quantitative estimate of drug-likeness (QED) is 0.850. The Balaban J connectivity index is 1.94. The highest BCUT2D eigenvalue weighted by Crippen LogP contribution is 2.16. The van der Waals surface area contributed by atoms with Crippen LogP contribution in [-0.2, 0) is 16.1 Å². The summed E-state index contributed by atoms with van der Waals surface area (Å²) in [7, 11) is 0. The largest absolute Gasteiger partial charge is 0.344 e. The van der Waals surface area contributed by atoms with Gasteiger partial charge in [-0.2, -0.15) is 0 Å². The molecule has 2 amide bonds. The molecule has 0 atom stereocenters. The molecule has 4 nitrogen and oxygen atoms in total. The highest BCUT2D eigenvalue weighted by molar-refractivity contribution is 6.39. The lowest BCUT2D eigenvalue weighted by atomic mass is 10.1. The molecule has 0 saturated carbocycles. The summed E-state index contributed by atoms with van der Waals surface area (Å²) in [4.78, 5) is 23.7. The average molecular weight is 282 g/mol. The molecule has 0 aromatic heterocycles. The monoisotopic (exact) mass is 282 g/mol. The number of rotatable bonds is 3. The van der Waals surface area contributed by atoms with E-state index >= 15 is 0 Å². The topological polar surface area (TPSA) is 58.2 Å². The van der Waals surface area contributed by atoms with E-state index in [1.165, 1.54) is 0 Å². The van der Waals surface area contributed by atoms with Crippen LogP contribution in [0.15, 0.2) is 48.5 Å². The summed E-state index contributed by atoms with van der Waals surface area (Å²) in [5.74, 6) is -1.29. The summed E-state index contributed by atoms with van der Waals surface area (Å²) < 4.78 is 0. The molecule has 0 fully saturated rings. The van der Waals surface area contributed by atoms with Crippen molar-refractivity contribution in [3.8, 4) is 0 Å². The van der Waals surface area contributed by atoms with E-state index in [4.69, 9.17) is 0 Å². The van der Waals surface area contributed by atoms with Gasteiger partial charge < -0.3 is 10.6 Å². The maximum absolute atomic E-state index is 11.9. The number of carbonyl (C=O) groups excluding carboxylic acids is 2. The number of aryl methyl sites for hydroxylation is 2. The number of amides is 2. The van der Waals surface area contributed by atoms with Gasteiger partial charge >= 0.3 is 11.8 Å². The van der Waals surface area contributed by atoms with E-state index < -0.39 is 11.8 Å². The Labute approximate surface area is 124 Å². The van der Waals surface area contributed by atoms with Gasteiger partial charge in [0.1, 0.15) is 0 Å². The second kappa shape index (κ2) is 6.70. The molecule has 21 heavy (non-hydrogen) atoms. The van der Waals surface area contributed by atoms with Crippen LogP contribution in [-0.4, -0.2) is 11.8 Å². The van der Waals surface area contributed by atoms with Gasteiger partial charge in [0.05, 0.1) is 0 Å². The van der Waals surface area contributed by atoms with Crippen LogP contribution in [0.3, 0.4) is 0 Å². The van der Waals surface area contributed by atoms with Gasteiger partial charge in [-0.3, -0.25) is 9.59 Å². The summed E-state index contributed by atoms with van der Waals surface area (Å²) in [5, 5.41) is 5.24. The maximum atomic E-state index is 11.9. The van der Waals surface area contributed by atoms with E-state index in [1.54, 1.807) is 0 Å². The third-order valence-corrected chi connectivity index (χ3v) is 3.14. The average Bonchev–Trinajstić information content (AvgIpc) is 2.49. The number of hydrogen-bond donors (Lipinski definition) is 2. The van der Waals surface area contributed by atoms with Crippen LogP contribution in [0.4, 0.5) is 5.69 Å². The lowest BCUT2D eigenvalue weighted by Crippen LogP contribution is -2.35. The molecular formula is C17H18N2O2. The fraction of sp³-hybridized carbons (Fsp3) is 0.176. The standard InChI is InChI=1S/C17H18N2O2/c1-12-8-9-13(2)15(10-12)19-17(21)16(20)18-11-14-6-4-3-5-7-14/h3-10H,11H2,1-2H3,(H,18,20)(H,19,21). The predicted octanol–water partition coefficient (Wildman–Crippen LogP) is 2.56. The van der Waals surface area contributed by atoms with Gasteiger partial charge in [0.2, 0.25) is 0 Å². The molecule has 0 aliphatic rings. The predicted molar refractivity (Wildman–Crippen MR) is 82.8 cm³/mol. The van der Waals surface area contributed by atoms with E-state index in [1.807, 2.05) is 62.4 Å². The molecule has 4 heteroatoms. The molecule has 2 N–H and O–H groups in total. The third kappa shape index (κ3) is 4.18. The maximum Gasteiger partial charge on any atom is 0.313 e. The molecule has 0 saturated heterocycles. The minimum absolute atomic E-state index is 0.333. The number of anilines is 1. The van der Waals surface area contributed by atoms with Crippen molar-refractivity contribution in [2.45, 2.75) is 20.4 Å². The van der Waals surface area contributed by atoms with Gasteiger partial charge in [-0.05, 0) is 36.6 Å². The lowest BCUT2D eigenvalue weighted by Gasteiger charge is -2.09. The molecule has 108 valence electrons. The first-order chi connectivity index (χ1) is 10.1. The zero-order valence-corrected chi connectivity index (χ0v) is 12.1. The zero-order chi connectivity index (χ0) is 15.2. The van der Waals surface area contributed by atoms with Crippen molar-refractivity contribution in [1.82, 2.24) is 5.32 Å². The molecule has 0 radical (unpaired) electrons. The second-order valence-corrected chi connectivity index (χ2v) is 4.94. The van der Waals surface area contributed by atoms with Crippen molar-refractivity contribution in [1.29, 1.82) is 0 Å². The highest BCUT2D eigenvalue weighted by Gasteiger charge is 2.14. The Kier molecular flexibility index (Phi) is 4.72. The van der Waals surface area contributed by atoms with Gasteiger partial charge in [-0.1, -0.05) is 42.5 Å². The minimum atomic E-state index is -0.653. The molecule has 2 rings (SSSR count). The van der Waals surface area contributed by atoms with Crippen molar-refractivity contribution in [3.63, 3.8) is 0 Å². The Hall–Kier alpha value is -2.62. The van der Waals surface area contributed by atoms with Gasteiger partial charge in [0.25, 0.3) is 0 Å². The normalized spacial score (nSPS) is 10.0. The van der Waals surface area contributed by atoms with Crippen molar-refractivity contribution < 1.29 is 9.59 Å². The number of benzene rings is 2. The first-order valence-electron chi connectivity index (χ1n) is 6.76. The summed E-state index contributed by atoms with van der Waals surface area (Å²) in [6, 6.07) is 15.2. The molecule has 2 aromatic carbocycles. The van der Waals surface area contributed by atoms with Crippen LogP contribution in [0.2, 0.25) is 0 Å². The fourth-order valence-electron chi connectivity index (χ4n) is 1.91. The smallest absolute Gasteiger partial charge is 0.313 e. The van der Waals surface area contributed by atoms with Crippen molar-refractivity contribution in [2.24, 2.45) is 0 Å². The van der Waals surface area contributed by atoms with Crippen LogP contribution < -0.4 is 10.6 Å². The summed E-state index contributed by atoms with van der Waals surface area (Å²) in [6.07, 6.45) is 0. The number of carbonyl (C=O) groups is 2. The third-order valence-electron chi connectivity index (χ3n) is 3.14. The molecule has 2 aromatic rings. The minimum Gasteiger partial charge on any atom is -0.344 e. The molecule has 0 aliphatic carbocycles. The van der Waals surface area contributed by atoms with Crippen molar-refractivity contribution in [3.05, 3.63) is 65.2 Å². The summed E-state index contributed by atoms with van der Waals surface area (Å²) in [6.45, 7) is 4.15. The summed E-state index contributed by atoms with van der Waals surface area (Å²) in [5.41, 5.74) is 3.56. The Bertz CT molecular complexity index is 651. The Morgan fingerprint density at radius 1 is 0.952 bits per heavy atom. The molecule has 0 heterocycles. The highest BCUT2D eigenvalue weighted by atomic mass is 16.2. The van der Waals surface area contributed by atoms with Gasteiger partial charge in [-0.25, -0.2) is 0 Å². The van der Waals surface area contributed by atoms with Crippen LogP contribution >= 0.6 is 0 Å². The van der Waals surface area contributed by atoms with E-state index in [0.717, 1.165) is 16.7 Å². The molecule has 0 spiro atoms. The number of nitrogens with one attached hydrogen (secondary N) is 2. The molecule has 0 aliphatic heterocycles. The van der Waals surface area contributed by atoms with E-state index in [0.29, 0.717) is 12.2 Å². The van der Waals surface area contributed by atoms with E-state index in [9.17, 15) is 9.59 Å². The van der Waals surface area contributed by atoms with Crippen molar-refractivity contribution >= 4 is 17.5 Å². The first-order valence-corrected chi connectivity index (χ1v) is 6.76. The number of hydrogen-bond acceptors (Lipinski definition) is 2. The van der Waals surface area contributed by atoms with Crippen LogP contribution in [0.5, 0.6) is 0 Å². The SMILES string of the molecule is Cc1ccc(C)c(NC(=O)C(=O)NCc2ccccc2)c1. The Morgan fingerprint density at radius 3 is 2.38 bits per heavy atom. The molecular weight excluding hydrogens is 264 g/mol. The molecule has 0 bridgehead atoms. The Morgan fingerprint density at radius 2 is 1.67 bits per heavy atom. The van der Waals surface area contributed by atoms with Crippen LogP contribution in [0.25, 0.3) is 0 Å². The summed E-state index contributed by atoms with van der Waals surface area (Å²) >= 11 is 0. The fourth-order valence-corrected chi connectivity index (χ4v) is 1.91. The van der Waals surface area contributed by atoms with E-state index in [-0.39, 0.29) is 0 Å². The zero-order valence-electron chi connectivity index (χ0n) is 12.1. The first kappa shape index (κ1) is 14.8.